The fourth-order valence-corrected chi connectivity index (χ4v) is 3.35. The van der Waals surface area contributed by atoms with Crippen LogP contribution in [0.15, 0.2) is 48.5 Å². The molecule has 0 atom stereocenters. The lowest BCUT2D eigenvalue weighted by atomic mass is 9.84. The van der Waals surface area contributed by atoms with E-state index in [4.69, 9.17) is 4.74 Å². The van der Waals surface area contributed by atoms with Crippen molar-refractivity contribution >= 4 is 11.6 Å². The average Bonchev–Trinajstić information content (AvgIpc) is 2.64. The maximum Gasteiger partial charge on any atom is 0.255 e. The summed E-state index contributed by atoms with van der Waals surface area (Å²) in [6.07, 6.45) is 6.56. The van der Waals surface area contributed by atoms with Crippen LogP contribution in [0, 0.1) is 0 Å². The maximum absolute atomic E-state index is 12.4. The Balaban J connectivity index is 1.62. The highest BCUT2D eigenvalue weighted by molar-refractivity contribution is 6.04. The first kappa shape index (κ1) is 16.6. The number of nitrogens with one attached hydrogen (secondary N) is 1. The van der Waals surface area contributed by atoms with Gasteiger partial charge >= 0.3 is 0 Å². The Labute approximate surface area is 144 Å². The minimum atomic E-state index is -0.0747. The first-order valence-electron chi connectivity index (χ1n) is 8.90. The van der Waals surface area contributed by atoms with Gasteiger partial charge in [-0.3, -0.25) is 4.79 Å². The summed E-state index contributed by atoms with van der Waals surface area (Å²) in [4.78, 5) is 12.4. The van der Waals surface area contributed by atoms with Gasteiger partial charge in [-0.1, -0.05) is 31.4 Å². The molecule has 3 rings (SSSR count). The number of hydrogen-bond donors (Lipinski definition) is 1. The molecular weight excluding hydrogens is 298 g/mol. The van der Waals surface area contributed by atoms with Gasteiger partial charge in [-0.15, -0.1) is 0 Å². The van der Waals surface area contributed by atoms with Crippen LogP contribution in [0.4, 0.5) is 5.69 Å². The van der Waals surface area contributed by atoms with Crippen LogP contribution >= 0.6 is 0 Å². The predicted octanol–water partition coefficient (Wildman–Crippen LogP) is 5.39. The Morgan fingerprint density at radius 1 is 1.00 bits per heavy atom. The zero-order chi connectivity index (χ0) is 16.8. The fraction of sp³-hybridized carbons (Fsp3) is 0.381. The fourth-order valence-electron chi connectivity index (χ4n) is 3.35. The maximum atomic E-state index is 12.4. The number of carbonyl (C=O) groups is 1. The van der Waals surface area contributed by atoms with E-state index in [0.717, 1.165) is 11.4 Å². The lowest BCUT2D eigenvalue weighted by Gasteiger charge is -2.22. The summed E-state index contributed by atoms with van der Waals surface area (Å²) in [5.74, 6) is 1.41. The highest BCUT2D eigenvalue weighted by atomic mass is 16.5. The summed E-state index contributed by atoms with van der Waals surface area (Å²) in [6.45, 7) is 2.59. The summed E-state index contributed by atoms with van der Waals surface area (Å²) < 4.78 is 5.41. The van der Waals surface area contributed by atoms with Crippen LogP contribution in [-0.2, 0) is 0 Å². The lowest BCUT2D eigenvalue weighted by Crippen LogP contribution is -2.12. The van der Waals surface area contributed by atoms with Crippen molar-refractivity contribution in [2.45, 2.75) is 44.9 Å². The number of carbonyl (C=O) groups excluding carboxylic acids is 1. The van der Waals surface area contributed by atoms with Crippen molar-refractivity contribution in [3.8, 4) is 5.75 Å². The van der Waals surface area contributed by atoms with Gasteiger partial charge in [-0.25, -0.2) is 0 Å². The SMILES string of the molecule is CCOc1ccc(NC(=O)c2ccc(C3CCCCC3)cc2)cc1. The smallest absolute Gasteiger partial charge is 0.255 e. The minimum Gasteiger partial charge on any atom is -0.494 e. The molecule has 0 heterocycles. The van der Waals surface area contributed by atoms with E-state index in [1.807, 2.05) is 43.3 Å². The van der Waals surface area contributed by atoms with E-state index < -0.39 is 0 Å². The molecule has 0 radical (unpaired) electrons. The molecule has 2 aromatic rings. The Hall–Kier alpha value is -2.29. The first-order valence-corrected chi connectivity index (χ1v) is 8.90. The normalized spacial score (nSPS) is 15.0. The van der Waals surface area contributed by atoms with E-state index in [0.29, 0.717) is 18.1 Å². The van der Waals surface area contributed by atoms with Crippen molar-refractivity contribution < 1.29 is 9.53 Å². The summed E-state index contributed by atoms with van der Waals surface area (Å²) in [5.41, 5.74) is 2.84. The molecular formula is C21H25NO2. The van der Waals surface area contributed by atoms with E-state index in [-0.39, 0.29) is 5.91 Å². The van der Waals surface area contributed by atoms with Crippen molar-refractivity contribution in [1.29, 1.82) is 0 Å². The molecule has 1 amide bonds. The summed E-state index contributed by atoms with van der Waals surface area (Å²) in [6, 6.07) is 15.6. The van der Waals surface area contributed by atoms with Gasteiger partial charge < -0.3 is 10.1 Å². The highest BCUT2D eigenvalue weighted by Gasteiger charge is 2.16. The van der Waals surface area contributed by atoms with Crippen molar-refractivity contribution in [2.24, 2.45) is 0 Å². The third kappa shape index (κ3) is 4.16. The Morgan fingerprint density at radius 3 is 2.29 bits per heavy atom. The van der Waals surface area contributed by atoms with E-state index in [9.17, 15) is 4.79 Å². The molecule has 126 valence electrons. The summed E-state index contributed by atoms with van der Waals surface area (Å²) in [7, 11) is 0. The number of anilines is 1. The molecule has 0 aliphatic heterocycles. The number of ether oxygens (including phenoxy) is 1. The van der Waals surface area contributed by atoms with Crippen LogP contribution < -0.4 is 10.1 Å². The molecule has 2 aromatic carbocycles. The molecule has 0 spiro atoms. The molecule has 1 fully saturated rings. The van der Waals surface area contributed by atoms with Crippen molar-refractivity contribution in [2.75, 3.05) is 11.9 Å². The van der Waals surface area contributed by atoms with Gasteiger partial charge in [0.1, 0.15) is 5.75 Å². The third-order valence-corrected chi connectivity index (χ3v) is 4.67. The Kier molecular flexibility index (Phi) is 5.52. The molecule has 0 aromatic heterocycles. The van der Waals surface area contributed by atoms with Gasteiger partial charge in [0, 0.05) is 11.3 Å². The second kappa shape index (κ2) is 8.00. The number of rotatable bonds is 5. The molecule has 3 nitrogen and oxygen atoms in total. The van der Waals surface area contributed by atoms with Crippen LogP contribution in [-0.4, -0.2) is 12.5 Å². The molecule has 1 N–H and O–H groups in total. The molecule has 0 saturated heterocycles. The second-order valence-corrected chi connectivity index (χ2v) is 6.37. The van der Waals surface area contributed by atoms with E-state index in [1.165, 1.54) is 37.7 Å². The highest BCUT2D eigenvalue weighted by Crippen LogP contribution is 2.32. The molecule has 24 heavy (non-hydrogen) atoms. The Morgan fingerprint density at radius 2 is 1.67 bits per heavy atom. The van der Waals surface area contributed by atoms with Gasteiger partial charge in [0.05, 0.1) is 6.61 Å². The molecule has 1 aliphatic rings. The van der Waals surface area contributed by atoms with E-state index >= 15 is 0 Å². The van der Waals surface area contributed by atoms with Crippen LogP contribution in [0.3, 0.4) is 0 Å². The third-order valence-electron chi connectivity index (χ3n) is 4.67. The largest absolute Gasteiger partial charge is 0.494 e. The summed E-state index contributed by atoms with van der Waals surface area (Å²) in [5, 5.41) is 2.93. The van der Waals surface area contributed by atoms with Crippen LogP contribution in [0.2, 0.25) is 0 Å². The monoisotopic (exact) mass is 323 g/mol. The molecule has 1 aliphatic carbocycles. The quantitative estimate of drug-likeness (QED) is 0.801. The zero-order valence-electron chi connectivity index (χ0n) is 14.3. The topological polar surface area (TPSA) is 38.3 Å². The van der Waals surface area contributed by atoms with Crippen LogP contribution in [0.1, 0.15) is 60.9 Å². The van der Waals surface area contributed by atoms with Gasteiger partial charge in [0.2, 0.25) is 0 Å². The second-order valence-electron chi connectivity index (χ2n) is 6.37. The predicted molar refractivity (Wildman–Crippen MR) is 97.8 cm³/mol. The molecule has 1 saturated carbocycles. The van der Waals surface area contributed by atoms with E-state index in [2.05, 4.69) is 17.4 Å². The molecule has 0 bridgehead atoms. The van der Waals surface area contributed by atoms with Crippen molar-refractivity contribution in [3.05, 3.63) is 59.7 Å². The Bertz CT molecular complexity index is 655. The average molecular weight is 323 g/mol. The molecule has 0 unspecified atom stereocenters. The number of benzene rings is 2. The van der Waals surface area contributed by atoms with Crippen LogP contribution in [0.5, 0.6) is 5.75 Å². The zero-order valence-corrected chi connectivity index (χ0v) is 14.3. The number of amides is 1. The first-order chi connectivity index (χ1) is 11.8. The molecule has 3 heteroatoms. The standard InChI is InChI=1S/C21H25NO2/c1-2-24-20-14-12-19(13-15-20)22-21(23)18-10-8-17(9-11-18)16-6-4-3-5-7-16/h8-16H,2-7H2,1H3,(H,22,23). The number of hydrogen-bond acceptors (Lipinski definition) is 2. The van der Waals surface area contributed by atoms with Crippen molar-refractivity contribution in [3.63, 3.8) is 0 Å². The van der Waals surface area contributed by atoms with Crippen LogP contribution in [0.25, 0.3) is 0 Å². The minimum absolute atomic E-state index is 0.0747. The van der Waals surface area contributed by atoms with Gasteiger partial charge in [-0.05, 0) is 67.6 Å². The van der Waals surface area contributed by atoms with Gasteiger partial charge in [0.25, 0.3) is 5.91 Å². The van der Waals surface area contributed by atoms with Gasteiger partial charge in [0.15, 0.2) is 0 Å². The van der Waals surface area contributed by atoms with E-state index in [1.54, 1.807) is 0 Å². The lowest BCUT2D eigenvalue weighted by molar-refractivity contribution is 0.102. The van der Waals surface area contributed by atoms with Crippen molar-refractivity contribution in [1.82, 2.24) is 0 Å². The van der Waals surface area contributed by atoms with Gasteiger partial charge in [-0.2, -0.15) is 0 Å². The summed E-state index contributed by atoms with van der Waals surface area (Å²) >= 11 is 0.